The highest BCUT2D eigenvalue weighted by atomic mass is 35.5. The summed E-state index contributed by atoms with van der Waals surface area (Å²) in [6, 6.07) is 11.8. The van der Waals surface area contributed by atoms with Gasteiger partial charge in [-0.1, -0.05) is 48.5 Å². The number of nitrogens with zero attached hydrogens (tertiary/aromatic N) is 5. The number of nitrogens with one attached hydrogen (secondary N) is 1. The highest BCUT2D eigenvalue weighted by Gasteiger charge is 2.19. The number of hydrogen-bond acceptors (Lipinski definition) is 8. The summed E-state index contributed by atoms with van der Waals surface area (Å²) in [4.78, 5) is 10.7. The Hall–Kier alpha value is -3.44. The zero-order valence-electron chi connectivity index (χ0n) is 22.1. The summed E-state index contributed by atoms with van der Waals surface area (Å²) in [5.41, 5.74) is 11.3. The van der Waals surface area contributed by atoms with Gasteiger partial charge in [0.25, 0.3) is 0 Å². The number of amidine groups is 1. The van der Waals surface area contributed by atoms with Gasteiger partial charge in [0.1, 0.15) is 11.6 Å². The summed E-state index contributed by atoms with van der Waals surface area (Å²) in [5.74, 6) is -0.612. The molecular formula is C28H35ClFN7O2. The van der Waals surface area contributed by atoms with Crippen molar-refractivity contribution in [3.05, 3.63) is 77.0 Å². The van der Waals surface area contributed by atoms with Crippen LogP contribution in [0.4, 0.5) is 4.39 Å². The standard InChI is InChI=1S/C28H35ClFN7O2/c1-20(33-28(25(30)17-31)37-13-15-39-16-14-37)34-32-18-23-7-8-24(26(29)27(23)38)22-5-3-21(4-6-22)19-36-11-9-35(2)10-12-36/h3-8,17-18,34,38H,1,9-16,19,31H2,2H3/b25-17+,32-18+,33-28?. The number of rotatable bonds is 8. The number of likely N-dealkylation sites (N-methyl/N-ethyl adjacent to an activating group) is 1. The lowest BCUT2D eigenvalue weighted by molar-refractivity contribution is 0.0676. The summed E-state index contributed by atoms with van der Waals surface area (Å²) in [6.07, 6.45) is 2.25. The van der Waals surface area contributed by atoms with Crippen molar-refractivity contribution in [2.75, 3.05) is 59.5 Å². The number of piperazine rings is 1. The number of hydrogen-bond donors (Lipinski definition) is 3. The number of phenols is 1. The molecule has 0 bridgehead atoms. The lowest BCUT2D eigenvalue weighted by Gasteiger charge is -2.32. The summed E-state index contributed by atoms with van der Waals surface area (Å²) in [6.45, 7) is 10.9. The van der Waals surface area contributed by atoms with Gasteiger partial charge >= 0.3 is 0 Å². The molecule has 2 aromatic rings. The SMILES string of the molecule is C=C(N=C(/C(F)=C\N)N1CCOCC1)N/N=C/c1ccc(-c2ccc(CN3CCN(C)CC3)cc2)c(Cl)c1O. The number of morpholine rings is 1. The second-order valence-electron chi connectivity index (χ2n) is 9.51. The van der Waals surface area contributed by atoms with Gasteiger partial charge in [0.15, 0.2) is 11.7 Å². The van der Waals surface area contributed by atoms with Gasteiger partial charge in [-0.25, -0.2) is 9.38 Å². The number of hydrazone groups is 1. The third-order valence-corrected chi connectivity index (χ3v) is 7.11. The highest BCUT2D eigenvalue weighted by Crippen LogP contribution is 2.36. The predicted molar refractivity (Wildman–Crippen MR) is 154 cm³/mol. The molecule has 11 heteroatoms. The molecule has 0 aromatic heterocycles. The van der Waals surface area contributed by atoms with E-state index in [0.717, 1.165) is 50.1 Å². The van der Waals surface area contributed by atoms with Crippen LogP contribution < -0.4 is 11.2 Å². The quantitative estimate of drug-likeness (QED) is 0.261. The molecule has 0 aliphatic carbocycles. The Kier molecular flexibility index (Phi) is 9.94. The summed E-state index contributed by atoms with van der Waals surface area (Å²) >= 11 is 6.53. The Balaban J connectivity index is 1.40. The lowest BCUT2D eigenvalue weighted by Crippen LogP contribution is -2.43. The van der Waals surface area contributed by atoms with Crippen LogP contribution in [0.3, 0.4) is 0 Å². The molecule has 39 heavy (non-hydrogen) atoms. The van der Waals surface area contributed by atoms with Gasteiger partial charge in [-0.15, -0.1) is 0 Å². The second-order valence-corrected chi connectivity index (χ2v) is 9.89. The van der Waals surface area contributed by atoms with E-state index in [0.29, 0.717) is 31.9 Å². The van der Waals surface area contributed by atoms with E-state index in [4.69, 9.17) is 22.1 Å². The number of aliphatic imine (C=N–C) groups is 1. The van der Waals surface area contributed by atoms with Crippen LogP contribution in [0.15, 0.2) is 70.9 Å². The van der Waals surface area contributed by atoms with E-state index in [2.05, 4.69) is 51.1 Å². The Morgan fingerprint density at radius 2 is 1.82 bits per heavy atom. The molecule has 9 nitrogen and oxygen atoms in total. The van der Waals surface area contributed by atoms with Crippen molar-refractivity contribution in [3.8, 4) is 16.9 Å². The van der Waals surface area contributed by atoms with Crippen molar-refractivity contribution < 1.29 is 14.2 Å². The van der Waals surface area contributed by atoms with Gasteiger partial charge in [-0.2, -0.15) is 5.10 Å². The van der Waals surface area contributed by atoms with E-state index in [9.17, 15) is 9.50 Å². The minimum Gasteiger partial charge on any atom is -0.506 e. The minimum absolute atomic E-state index is 0.0540. The molecule has 0 amide bonds. The maximum Gasteiger partial charge on any atom is 0.181 e. The molecule has 0 spiro atoms. The number of ether oxygens (including phenoxy) is 1. The fourth-order valence-corrected chi connectivity index (χ4v) is 4.70. The van der Waals surface area contributed by atoms with Crippen LogP contribution in [0.5, 0.6) is 5.75 Å². The van der Waals surface area contributed by atoms with Crippen LogP contribution in [0, 0.1) is 0 Å². The summed E-state index contributed by atoms with van der Waals surface area (Å²) < 4.78 is 19.6. The van der Waals surface area contributed by atoms with E-state index in [1.165, 1.54) is 11.8 Å². The molecular weight excluding hydrogens is 521 g/mol. The smallest absolute Gasteiger partial charge is 0.181 e. The van der Waals surface area contributed by atoms with Crippen molar-refractivity contribution in [3.63, 3.8) is 0 Å². The Morgan fingerprint density at radius 1 is 1.13 bits per heavy atom. The van der Waals surface area contributed by atoms with Gasteiger partial charge in [0.2, 0.25) is 0 Å². The highest BCUT2D eigenvalue weighted by molar-refractivity contribution is 6.35. The van der Waals surface area contributed by atoms with E-state index < -0.39 is 5.83 Å². The fraction of sp³-hybridized carbons (Fsp3) is 0.357. The van der Waals surface area contributed by atoms with Crippen molar-refractivity contribution in [2.45, 2.75) is 6.54 Å². The predicted octanol–water partition coefficient (Wildman–Crippen LogP) is 3.36. The number of aromatic hydroxyl groups is 1. The molecule has 0 unspecified atom stereocenters. The normalized spacial score (nSPS) is 18.1. The van der Waals surface area contributed by atoms with E-state index in [1.807, 2.05) is 18.2 Å². The minimum atomic E-state index is -0.670. The molecule has 2 aliphatic heterocycles. The number of nitrogens with two attached hydrogens (primary N) is 1. The fourth-order valence-electron chi connectivity index (χ4n) is 4.41. The van der Waals surface area contributed by atoms with E-state index in [-0.39, 0.29) is 22.4 Å². The van der Waals surface area contributed by atoms with Gasteiger partial charge < -0.3 is 25.4 Å². The molecule has 2 aliphatic rings. The molecule has 2 heterocycles. The van der Waals surface area contributed by atoms with E-state index in [1.54, 1.807) is 11.0 Å². The second kappa shape index (κ2) is 13.6. The van der Waals surface area contributed by atoms with Crippen molar-refractivity contribution in [1.29, 1.82) is 0 Å². The third kappa shape index (κ3) is 7.57. The molecule has 0 saturated carbocycles. The topological polar surface area (TPSA) is 102 Å². The van der Waals surface area contributed by atoms with Crippen LogP contribution in [0.1, 0.15) is 11.1 Å². The van der Waals surface area contributed by atoms with Crippen LogP contribution in [-0.2, 0) is 11.3 Å². The molecule has 2 fully saturated rings. The van der Waals surface area contributed by atoms with Crippen LogP contribution in [-0.4, -0.2) is 91.4 Å². The molecule has 4 N–H and O–H groups in total. The summed E-state index contributed by atoms with van der Waals surface area (Å²) in [7, 11) is 2.15. The lowest BCUT2D eigenvalue weighted by atomic mass is 10.0. The van der Waals surface area contributed by atoms with Gasteiger partial charge in [-0.05, 0) is 24.2 Å². The molecule has 0 atom stereocenters. The molecule has 208 valence electrons. The van der Waals surface area contributed by atoms with Crippen molar-refractivity contribution in [2.24, 2.45) is 15.8 Å². The van der Waals surface area contributed by atoms with Crippen molar-refractivity contribution >= 4 is 23.7 Å². The average Bonchev–Trinajstić information content (AvgIpc) is 2.96. The van der Waals surface area contributed by atoms with Gasteiger partial charge in [0, 0.05) is 63.1 Å². The Labute approximate surface area is 233 Å². The largest absolute Gasteiger partial charge is 0.506 e. The van der Waals surface area contributed by atoms with Gasteiger partial charge in [-0.3, -0.25) is 10.3 Å². The average molecular weight is 556 g/mol. The maximum absolute atomic E-state index is 14.3. The molecule has 0 radical (unpaired) electrons. The van der Waals surface area contributed by atoms with Crippen LogP contribution >= 0.6 is 11.6 Å². The maximum atomic E-state index is 14.3. The molecule has 4 rings (SSSR count). The van der Waals surface area contributed by atoms with Crippen LogP contribution in [0.25, 0.3) is 11.1 Å². The zero-order chi connectivity index (χ0) is 27.8. The zero-order valence-corrected chi connectivity index (χ0v) is 22.9. The first-order valence-electron chi connectivity index (χ1n) is 12.8. The number of benzene rings is 2. The first-order chi connectivity index (χ1) is 18.9. The number of halogens is 2. The number of phenolic OH excluding ortho intramolecular Hbond substituents is 1. The first-order valence-corrected chi connectivity index (χ1v) is 13.2. The molecule has 2 aromatic carbocycles. The van der Waals surface area contributed by atoms with Gasteiger partial charge in [0.05, 0.1) is 24.5 Å². The monoisotopic (exact) mass is 555 g/mol. The molecule has 2 saturated heterocycles. The van der Waals surface area contributed by atoms with E-state index >= 15 is 0 Å². The Morgan fingerprint density at radius 3 is 2.49 bits per heavy atom. The van der Waals surface area contributed by atoms with Crippen molar-refractivity contribution in [1.82, 2.24) is 20.1 Å². The Bertz CT molecular complexity index is 1240. The van der Waals surface area contributed by atoms with Crippen LogP contribution in [0.2, 0.25) is 5.02 Å². The third-order valence-electron chi connectivity index (χ3n) is 6.72. The summed E-state index contributed by atoms with van der Waals surface area (Å²) in [5, 5.41) is 15.0. The first kappa shape index (κ1) is 28.6.